The maximum atomic E-state index is 8.41. The van der Waals surface area contributed by atoms with Crippen LogP contribution < -0.4 is 11.1 Å². The Hall–Kier alpha value is -1.56. The largest absolute Gasteiger partial charge is 0.409 e. The average Bonchev–Trinajstić information content (AvgIpc) is 2.64. The van der Waals surface area contributed by atoms with Crippen molar-refractivity contribution in [3.63, 3.8) is 0 Å². The number of hydrogen-bond donors (Lipinski definition) is 3. The van der Waals surface area contributed by atoms with Crippen LogP contribution in [0.3, 0.4) is 0 Å². The molecule has 6 nitrogen and oxygen atoms in total. The topological polar surface area (TPSA) is 88.5 Å². The van der Waals surface area contributed by atoms with Crippen LogP contribution in [0.5, 0.6) is 0 Å². The van der Waals surface area contributed by atoms with Crippen LogP contribution in [-0.2, 0) is 6.54 Å². The van der Waals surface area contributed by atoms with Crippen LogP contribution in [0, 0.1) is 6.92 Å². The molecule has 1 atom stereocenters. The molecule has 0 aliphatic rings. The molecule has 0 aliphatic heterocycles. The van der Waals surface area contributed by atoms with Crippen LogP contribution in [0.1, 0.15) is 18.9 Å². The van der Waals surface area contributed by atoms with Gasteiger partial charge in [0.05, 0.1) is 12.7 Å². The smallest absolute Gasteiger partial charge is 0.140 e. The Bertz CT molecular complexity index is 347. The summed E-state index contributed by atoms with van der Waals surface area (Å²) in [7, 11) is 0. The van der Waals surface area contributed by atoms with Gasteiger partial charge in [0, 0.05) is 25.2 Å². The van der Waals surface area contributed by atoms with Gasteiger partial charge in [-0.1, -0.05) is 5.16 Å². The molecular weight excluding hydrogens is 206 g/mol. The summed E-state index contributed by atoms with van der Waals surface area (Å²) >= 11 is 0. The van der Waals surface area contributed by atoms with E-state index in [0.717, 1.165) is 18.7 Å². The zero-order chi connectivity index (χ0) is 12.0. The zero-order valence-corrected chi connectivity index (χ0v) is 9.72. The van der Waals surface area contributed by atoms with Crippen molar-refractivity contribution in [1.29, 1.82) is 0 Å². The SMILES string of the molecule is Cc1cnn(CCNC(C)C/C(N)=N/O)c1. The highest BCUT2D eigenvalue weighted by atomic mass is 16.4. The average molecular weight is 225 g/mol. The molecule has 0 spiro atoms. The first-order valence-electron chi connectivity index (χ1n) is 5.30. The van der Waals surface area contributed by atoms with E-state index in [9.17, 15) is 0 Å². The Labute approximate surface area is 95.1 Å². The molecule has 6 heteroatoms. The van der Waals surface area contributed by atoms with Gasteiger partial charge < -0.3 is 16.3 Å². The van der Waals surface area contributed by atoms with E-state index < -0.39 is 0 Å². The molecular formula is C10H19N5O. The van der Waals surface area contributed by atoms with Crippen molar-refractivity contribution < 1.29 is 5.21 Å². The fraction of sp³-hybridized carbons (Fsp3) is 0.600. The number of nitrogens with one attached hydrogen (secondary N) is 1. The molecule has 1 aromatic rings. The minimum atomic E-state index is 0.188. The van der Waals surface area contributed by atoms with E-state index in [1.165, 1.54) is 0 Å². The lowest BCUT2D eigenvalue weighted by Crippen LogP contribution is -2.33. The van der Waals surface area contributed by atoms with Crippen molar-refractivity contribution in [3.05, 3.63) is 18.0 Å². The Balaban J connectivity index is 2.20. The molecule has 4 N–H and O–H groups in total. The first kappa shape index (κ1) is 12.5. The van der Waals surface area contributed by atoms with Gasteiger partial charge in [-0.05, 0) is 19.4 Å². The molecule has 0 amide bonds. The van der Waals surface area contributed by atoms with Crippen LogP contribution in [0.4, 0.5) is 0 Å². The van der Waals surface area contributed by atoms with E-state index in [1.54, 1.807) is 0 Å². The van der Waals surface area contributed by atoms with Crippen molar-refractivity contribution in [1.82, 2.24) is 15.1 Å². The van der Waals surface area contributed by atoms with E-state index in [0.29, 0.717) is 6.42 Å². The third-order valence-electron chi connectivity index (χ3n) is 2.24. The summed E-state index contributed by atoms with van der Waals surface area (Å²) in [5.74, 6) is 0.245. The van der Waals surface area contributed by atoms with Crippen molar-refractivity contribution in [3.8, 4) is 0 Å². The van der Waals surface area contributed by atoms with Crippen LogP contribution in [-0.4, -0.2) is 33.4 Å². The van der Waals surface area contributed by atoms with Gasteiger partial charge in [-0.2, -0.15) is 5.10 Å². The summed E-state index contributed by atoms with van der Waals surface area (Å²) in [6, 6.07) is 0.188. The highest BCUT2D eigenvalue weighted by Gasteiger charge is 2.04. The number of nitrogens with zero attached hydrogens (tertiary/aromatic N) is 3. The summed E-state index contributed by atoms with van der Waals surface area (Å²) in [6.07, 6.45) is 4.37. The first-order valence-corrected chi connectivity index (χ1v) is 5.30. The molecule has 0 saturated heterocycles. The fourth-order valence-corrected chi connectivity index (χ4v) is 1.44. The van der Waals surface area contributed by atoms with E-state index in [2.05, 4.69) is 15.6 Å². The van der Waals surface area contributed by atoms with Gasteiger partial charge in [-0.3, -0.25) is 4.68 Å². The summed E-state index contributed by atoms with van der Waals surface area (Å²) in [4.78, 5) is 0. The molecule has 1 unspecified atom stereocenters. The predicted molar refractivity (Wildman–Crippen MR) is 62.5 cm³/mol. The van der Waals surface area contributed by atoms with E-state index in [4.69, 9.17) is 10.9 Å². The summed E-state index contributed by atoms with van der Waals surface area (Å²) in [5, 5.41) is 18.8. The molecule has 16 heavy (non-hydrogen) atoms. The maximum absolute atomic E-state index is 8.41. The van der Waals surface area contributed by atoms with Gasteiger partial charge in [0.1, 0.15) is 5.84 Å². The number of rotatable bonds is 6. The number of nitrogens with two attached hydrogens (primary N) is 1. The van der Waals surface area contributed by atoms with Crippen molar-refractivity contribution in [2.45, 2.75) is 32.9 Å². The Morgan fingerprint density at radius 1 is 1.75 bits per heavy atom. The van der Waals surface area contributed by atoms with E-state index in [-0.39, 0.29) is 11.9 Å². The molecule has 1 aromatic heterocycles. The maximum Gasteiger partial charge on any atom is 0.140 e. The normalized spacial score (nSPS) is 14.0. The Kier molecular flexibility index (Phi) is 4.78. The minimum Gasteiger partial charge on any atom is -0.409 e. The number of aryl methyl sites for hydroxylation is 1. The first-order chi connectivity index (χ1) is 7.61. The van der Waals surface area contributed by atoms with Gasteiger partial charge in [0.2, 0.25) is 0 Å². The lowest BCUT2D eigenvalue weighted by molar-refractivity contribution is 0.315. The quantitative estimate of drug-likeness (QED) is 0.281. The second-order valence-electron chi connectivity index (χ2n) is 3.93. The molecule has 0 radical (unpaired) electrons. The number of oxime groups is 1. The van der Waals surface area contributed by atoms with Crippen molar-refractivity contribution in [2.24, 2.45) is 10.9 Å². The van der Waals surface area contributed by atoms with Crippen LogP contribution in [0.25, 0.3) is 0 Å². The summed E-state index contributed by atoms with van der Waals surface area (Å²) in [6.45, 7) is 5.62. The minimum absolute atomic E-state index is 0.188. The standard InChI is InChI=1S/C10H19N5O/c1-8-6-13-15(7-8)4-3-12-9(2)5-10(11)14-16/h6-7,9,12,16H,3-5H2,1-2H3,(H2,11,14). The highest BCUT2D eigenvalue weighted by molar-refractivity contribution is 5.80. The Morgan fingerprint density at radius 3 is 3.06 bits per heavy atom. The highest BCUT2D eigenvalue weighted by Crippen LogP contribution is 1.94. The van der Waals surface area contributed by atoms with Crippen LogP contribution in [0.15, 0.2) is 17.5 Å². The molecule has 0 saturated carbocycles. The number of aromatic nitrogens is 2. The van der Waals surface area contributed by atoms with Crippen LogP contribution >= 0.6 is 0 Å². The van der Waals surface area contributed by atoms with E-state index in [1.807, 2.05) is 30.9 Å². The third kappa shape index (κ3) is 4.31. The zero-order valence-electron chi connectivity index (χ0n) is 9.72. The Morgan fingerprint density at radius 2 is 2.50 bits per heavy atom. The molecule has 0 fully saturated rings. The van der Waals surface area contributed by atoms with Gasteiger partial charge in [-0.25, -0.2) is 0 Å². The molecule has 1 heterocycles. The number of amidine groups is 1. The molecule has 1 rings (SSSR count). The van der Waals surface area contributed by atoms with Gasteiger partial charge in [0.25, 0.3) is 0 Å². The monoisotopic (exact) mass is 225 g/mol. The fourth-order valence-electron chi connectivity index (χ4n) is 1.44. The second kappa shape index (κ2) is 6.12. The van der Waals surface area contributed by atoms with Crippen LogP contribution in [0.2, 0.25) is 0 Å². The van der Waals surface area contributed by atoms with Gasteiger partial charge >= 0.3 is 0 Å². The third-order valence-corrected chi connectivity index (χ3v) is 2.24. The predicted octanol–water partition coefficient (Wildman–Crippen LogP) is 0.306. The molecule has 0 aromatic carbocycles. The summed E-state index contributed by atoms with van der Waals surface area (Å²) < 4.78 is 1.89. The molecule has 90 valence electrons. The lowest BCUT2D eigenvalue weighted by atomic mass is 10.2. The van der Waals surface area contributed by atoms with Gasteiger partial charge in [0.15, 0.2) is 0 Å². The second-order valence-corrected chi connectivity index (χ2v) is 3.93. The molecule has 0 aliphatic carbocycles. The van der Waals surface area contributed by atoms with Crippen molar-refractivity contribution >= 4 is 5.84 Å². The molecule has 0 bridgehead atoms. The number of hydrogen-bond acceptors (Lipinski definition) is 4. The summed E-state index contributed by atoms with van der Waals surface area (Å²) in [5.41, 5.74) is 6.56. The lowest BCUT2D eigenvalue weighted by Gasteiger charge is -2.12. The van der Waals surface area contributed by atoms with Crippen molar-refractivity contribution in [2.75, 3.05) is 6.54 Å². The van der Waals surface area contributed by atoms with Gasteiger partial charge in [-0.15, -0.1) is 0 Å². The van der Waals surface area contributed by atoms with E-state index >= 15 is 0 Å².